The maximum Gasteiger partial charge on any atom is 0.283 e. The highest BCUT2D eigenvalue weighted by Crippen LogP contribution is 2.35. The molecule has 0 bridgehead atoms. The molecule has 3 aromatic carbocycles. The fraction of sp³-hybridized carbons (Fsp3) is 0. The van der Waals surface area contributed by atoms with Gasteiger partial charge in [-0.15, -0.1) is 5.10 Å². The van der Waals surface area contributed by atoms with Gasteiger partial charge < -0.3 is 0 Å². The van der Waals surface area contributed by atoms with Gasteiger partial charge in [0.15, 0.2) is 5.82 Å². The molecule has 176 valence electrons. The molecule has 0 saturated heterocycles. The van der Waals surface area contributed by atoms with Gasteiger partial charge >= 0.3 is 0 Å². The van der Waals surface area contributed by atoms with Crippen LogP contribution in [0.2, 0.25) is 15.1 Å². The molecule has 0 unspecified atom stereocenters. The average molecular weight is 548 g/mol. The third-order valence-electron chi connectivity index (χ3n) is 4.50. The summed E-state index contributed by atoms with van der Waals surface area (Å²) in [6, 6.07) is 15.8. The zero-order chi connectivity index (χ0) is 24.9. The number of H-pyrrole nitrogens is 1. The Labute approximate surface area is 217 Å². The molecule has 0 atom stereocenters. The van der Waals surface area contributed by atoms with Crippen LogP contribution in [-0.4, -0.2) is 32.2 Å². The molecule has 0 aliphatic rings. The molecular weight excluding hydrogens is 535 g/mol. The second-order valence-electron chi connectivity index (χ2n) is 6.89. The van der Waals surface area contributed by atoms with Gasteiger partial charge in [-0.25, -0.2) is 10.4 Å². The van der Waals surface area contributed by atoms with E-state index in [1.54, 1.807) is 48.5 Å². The van der Waals surface area contributed by atoms with Crippen LogP contribution in [0.4, 0.5) is 5.69 Å². The van der Waals surface area contributed by atoms with E-state index in [4.69, 9.17) is 34.8 Å². The van der Waals surface area contributed by atoms with Gasteiger partial charge in [0.2, 0.25) is 5.16 Å². The maximum absolute atomic E-state index is 12.1. The Kier molecular flexibility index (Phi) is 7.67. The highest BCUT2D eigenvalue weighted by molar-refractivity contribution is 7.99. The number of benzene rings is 3. The zero-order valence-corrected chi connectivity index (χ0v) is 20.5. The fourth-order valence-electron chi connectivity index (χ4n) is 2.90. The summed E-state index contributed by atoms with van der Waals surface area (Å²) in [5.41, 5.74) is 3.53. The van der Waals surface area contributed by atoms with Crippen LogP contribution in [0.25, 0.3) is 11.4 Å². The first-order chi connectivity index (χ1) is 16.8. The van der Waals surface area contributed by atoms with Crippen LogP contribution in [0, 0.1) is 10.1 Å². The van der Waals surface area contributed by atoms with E-state index < -0.39 is 10.8 Å². The second kappa shape index (κ2) is 10.9. The molecule has 0 radical (unpaired) electrons. The maximum atomic E-state index is 12.1. The number of rotatable bonds is 7. The minimum absolute atomic E-state index is 0.170. The number of nitrogens with zero attached hydrogens (tertiary/aromatic N) is 4. The summed E-state index contributed by atoms with van der Waals surface area (Å²) in [5.74, 6) is -0.0670. The van der Waals surface area contributed by atoms with Crippen molar-refractivity contribution in [3.05, 3.63) is 97.0 Å². The molecule has 13 heteroatoms. The average Bonchev–Trinajstić information content (AvgIpc) is 3.27. The molecule has 0 saturated carbocycles. The predicted octanol–water partition coefficient (Wildman–Crippen LogP) is 6.26. The Morgan fingerprint density at radius 3 is 2.63 bits per heavy atom. The van der Waals surface area contributed by atoms with E-state index in [1.165, 1.54) is 18.3 Å². The lowest BCUT2D eigenvalue weighted by Gasteiger charge is -2.02. The Morgan fingerprint density at radius 2 is 1.89 bits per heavy atom. The fourth-order valence-corrected chi connectivity index (χ4v) is 4.38. The van der Waals surface area contributed by atoms with Crippen molar-refractivity contribution in [3.63, 3.8) is 0 Å². The summed E-state index contributed by atoms with van der Waals surface area (Å²) in [4.78, 5) is 27.9. The minimum Gasteiger partial charge on any atom is -0.267 e. The molecule has 1 heterocycles. The summed E-state index contributed by atoms with van der Waals surface area (Å²) in [7, 11) is 0. The summed E-state index contributed by atoms with van der Waals surface area (Å²) in [5, 5.41) is 24.0. The number of amides is 1. The number of hydrazone groups is 1. The van der Waals surface area contributed by atoms with Crippen LogP contribution in [0.3, 0.4) is 0 Å². The molecule has 1 amide bonds. The molecule has 0 fully saturated rings. The molecule has 4 aromatic rings. The van der Waals surface area contributed by atoms with Crippen LogP contribution < -0.4 is 5.43 Å². The van der Waals surface area contributed by atoms with E-state index in [-0.39, 0.29) is 10.8 Å². The van der Waals surface area contributed by atoms with Crippen molar-refractivity contribution in [2.75, 3.05) is 0 Å². The van der Waals surface area contributed by atoms with Gasteiger partial charge in [0, 0.05) is 32.8 Å². The van der Waals surface area contributed by atoms with E-state index in [0.717, 1.165) is 11.8 Å². The number of carbonyl (C=O) groups is 1. The number of carbonyl (C=O) groups excluding carboxylic acids is 1. The normalized spacial score (nSPS) is 11.1. The Morgan fingerprint density at radius 1 is 1.09 bits per heavy atom. The molecule has 2 N–H and O–H groups in total. The zero-order valence-electron chi connectivity index (χ0n) is 17.4. The van der Waals surface area contributed by atoms with Crippen molar-refractivity contribution in [2.45, 2.75) is 10.1 Å². The van der Waals surface area contributed by atoms with Gasteiger partial charge in [0.05, 0.1) is 21.1 Å². The first kappa shape index (κ1) is 24.7. The van der Waals surface area contributed by atoms with Gasteiger partial charge in [-0.3, -0.25) is 20.0 Å². The SMILES string of the molecule is O=C(N/N=C\c1ccc(Sc2n[nH]c(-c3ccc(Cl)cc3Cl)n2)c([N+](=O)[O-])c1)c1cccc(Cl)c1. The largest absolute Gasteiger partial charge is 0.283 e. The summed E-state index contributed by atoms with van der Waals surface area (Å²) >= 11 is 19.0. The number of nitrogens with one attached hydrogen (secondary N) is 2. The van der Waals surface area contributed by atoms with Gasteiger partial charge in [-0.05, 0) is 54.2 Å². The summed E-state index contributed by atoms with van der Waals surface area (Å²) in [6.45, 7) is 0. The van der Waals surface area contributed by atoms with E-state index in [9.17, 15) is 14.9 Å². The number of halogens is 3. The lowest BCUT2D eigenvalue weighted by Crippen LogP contribution is -2.17. The standard InChI is InChI=1S/C22H13Cl3N6O3S/c23-14-3-1-2-13(9-14)21(32)29-26-11-12-4-7-19(18(8-12)31(33)34)35-22-27-20(28-30-22)16-6-5-15(24)10-17(16)25/h1-11H,(H,29,32)(H,27,28,30)/b26-11-. The second-order valence-corrected chi connectivity index (χ2v) is 9.18. The number of nitro groups is 1. The van der Waals surface area contributed by atoms with Crippen LogP contribution in [-0.2, 0) is 0 Å². The predicted molar refractivity (Wildman–Crippen MR) is 136 cm³/mol. The molecule has 9 nitrogen and oxygen atoms in total. The monoisotopic (exact) mass is 546 g/mol. The van der Waals surface area contributed by atoms with Gasteiger partial charge in [-0.1, -0.05) is 46.9 Å². The van der Waals surface area contributed by atoms with Crippen molar-refractivity contribution in [1.82, 2.24) is 20.6 Å². The molecule has 0 aliphatic carbocycles. The number of hydrogen-bond donors (Lipinski definition) is 2. The van der Waals surface area contributed by atoms with Gasteiger partial charge in [-0.2, -0.15) is 5.10 Å². The summed E-state index contributed by atoms with van der Waals surface area (Å²) in [6.07, 6.45) is 1.30. The molecule has 0 spiro atoms. The Balaban J connectivity index is 1.49. The highest BCUT2D eigenvalue weighted by Gasteiger charge is 2.18. The van der Waals surface area contributed by atoms with Crippen molar-refractivity contribution in [2.24, 2.45) is 5.10 Å². The molecule has 1 aromatic heterocycles. The van der Waals surface area contributed by atoms with E-state index in [1.807, 2.05) is 0 Å². The molecule has 0 aliphatic heterocycles. The molecule has 4 rings (SSSR count). The van der Waals surface area contributed by atoms with Crippen LogP contribution >= 0.6 is 46.6 Å². The minimum atomic E-state index is -0.520. The number of nitro benzene ring substituents is 1. The van der Waals surface area contributed by atoms with Gasteiger partial charge in [0.1, 0.15) is 0 Å². The number of aromatic amines is 1. The van der Waals surface area contributed by atoms with E-state index >= 15 is 0 Å². The van der Waals surface area contributed by atoms with Crippen molar-refractivity contribution >= 4 is 64.4 Å². The third kappa shape index (κ3) is 6.17. The van der Waals surface area contributed by atoms with E-state index in [2.05, 4.69) is 25.7 Å². The van der Waals surface area contributed by atoms with Crippen molar-refractivity contribution in [1.29, 1.82) is 0 Å². The lowest BCUT2D eigenvalue weighted by molar-refractivity contribution is -0.387. The molecular formula is C22H13Cl3N6O3S. The number of hydrogen-bond acceptors (Lipinski definition) is 7. The Hall–Kier alpha value is -3.44. The summed E-state index contributed by atoms with van der Waals surface area (Å²) < 4.78 is 0. The smallest absolute Gasteiger partial charge is 0.267 e. The third-order valence-corrected chi connectivity index (χ3v) is 6.21. The first-order valence-electron chi connectivity index (χ1n) is 9.73. The van der Waals surface area contributed by atoms with E-state index in [0.29, 0.717) is 42.5 Å². The highest BCUT2D eigenvalue weighted by atomic mass is 35.5. The van der Waals surface area contributed by atoms with Crippen LogP contribution in [0.1, 0.15) is 15.9 Å². The quantitative estimate of drug-likeness (QED) is 0.160. The topological polar surface area (TPSA) is 126 Å². The van der Waals surface area contributed by atoms with Crippen LogP contribution in [0.15, 0.2) is 75.8 Å². The van der Waals surface area contributed by atoms with Crippen molar-refractivity contribution < 1.29 is 9.72 Å². The van der Waals surface area contributed by atoms with Gasteiger partial charge in [0.25, 0.3) is 11.6 Å². The number of aromatic nitrogens is 3. The van der Waals surface area contributed by atoms with Crippen molar-refractivity contribution in [3.8, 4) is 11.4 Å². The first-order valence-corrected chi connectivity index (χ1v) is 11.7. The lowest BCUT2D eigenvalue weighted by atomic mass is 10.2. The molecule has 35 heavy (non-hydrogen) atoms. The Bertz CT molecular complexity index is 1460. The van der Waals surface area contributed by atoms with Crippen LogP contribution in [0.5, 0.6) is 0 Å².